The van der Waals surface area contributed by atoms with Gasteiger partial charge in [-0.1, -0.05) is 29.5 Å². The monoisotopic (exact) mass is 272 g/mol. The number of aromatic amines is 1. The molecule has 20 heavy (non-hydrogen) atoms. The van der Waals surface area contributed by atoms with Crippen LogP contribution in [0.1, 0.15) is 36.0 Å². The maximum Gasteiger partial charge on any atom is 0.242 e. The zero-order valence-corrected chi connectivity index (χ0v) is 11.1. The molecule has 1 aromatic heterocycles. The Labute approximate surface area is 116 Å². The van der Waals surface area contributed by atoms with E-state index in [0.29, 0.717) is 5.82 Å². The Balaban J connectivity index is 1.75. The van der Waals surface area contributed by atoms with Gasteiger partial charge in [-0.15, -0.1) is 10.2 Å². The predicted octanol–water partition coefficient (Wildman–Crippen LogP) is 0.264. The van der Waals surface area contributed by atoms with Gasteiger partial charge in [0.15, 0.2) is 5.82 Å². The van der Waals surface area contributed by atoms with Crippen LogP contribution in [0.5, 0.6) is 0 Å². The van der Waals surface area contributed by atoms with Crippen LogP contribution in [0.25, 0.3) is 0 Å². The van der Waals surface area contributed by atoms with Crippen LogP contribution in [-0.4, -0.2) is 33.1 Å². The van der Waals surface area contributed by atoms with Crippen molar-refractivity contribution >= 4 is 5.91 Å². The van der Waals surface area contributed by atoms with Gasteiger partial charge in [0, 0.05) is 6.54 Å². The Morgan fingerprint density at radius 2 is 2.30 bits per heavy atom. The van der Waals surface area contributed by atoms with E-state index in [-0.39, 0.29) is 18.0 Å². The van der Waals surface area contributed by atoms with Gasteiger partial charge in [0.05, 0.1) is 6.04 Å². The lowest BCUT2D eigenvalue weighted by Crippen LogP contribution is -2.42. The minimum absolute atomic E-state index is 0.0746. The summed E-state index contributed by atoms with van der Waals surface area (Å²) in [5, 5.41) is 19.8. The third-order valence-corrected chi connectivity index (χ3v) is 3.48. The second kappa shape index (κ2) is 5.38. The van der Waals surface area contributed by atoms with Crippen molar-refractivity contribution in [1.29, 1.82) is 0 Å². The maximum atomic E-state index is 12.4. The van der Waals surface area contributed by atoms with Crippen molar-refractivity contribution in [3.05, 3.63) is 41.2 Å². The molecule has 7 nitrogen and oxygen atoms in total. The highest BCUT2D eigenvalue weighted by molar-refractivity contribution is 5.84. The summed E-state index contributed by atoms with van der Waals surface area (Å²) >= 11 is 0. The normalized spacial score (nSPS) is 19.1. The van der Waals surface area contributed by atoms with E-state index in [1.807, 2.05) is 25.1 Å². The number of hydrogen-bond acceptors (Lipinski definition) is 5. The molecule has 0 aliphatic carbocycles. The van der Waals surface area contributed by atoms with Crippen molar-refractivity contribution in [2.24, 2.45) is 0 Å². The number of nitrogens with one attached hydrogen (secondary N) is 3. The third-order valence-electron chi connectivity index (χ3n) is 3.48. The smallest absolute Gasteiger partial charge is 0.242 e. The summed E-state index contributed by atoms with van der Waals surface area (Å²) in [5.41, 5.74) is 2.26. The van der Waals surface area contributed by atoms with Crippen molar-refractivity contribution in [3.63, 3.8) is 0 Å². The number of rotatable bonds is 3. The van der Waals surface area contributed by atoms with E-state index in [0.717, 1.165) is 18.5 Å². The van der Waals surface area contributed by atoms with Gasteiger partial charge in [-0.25, -0.2) is 0 Å². The van der Waals surface area contributed by atoms with Crippen molar-refractivity contribution in [1.82, 2.24) is 31.3 Å². The number of fused-ring (bicyclic) bond motifs is 1. The summed E-state index contributed by atoms with van der Waals surface area (Å²) in [5.74, 6) is 0.400. The zero-order chi connectivity index (χ0) is 13.9. The average Bonchev–Trinajstić information content (AvgIpc) is 3.01. The molecule has 0 saturated carbocycles. The summed E-state index contributed by atoms with van der Waals surface area (Å²) in [6, 6.07) is 7.41. The molecule has 3 N–H and O–H groups in total. The number of nitrogens with zero attached hydrogens (tertiary/aromatic N) is 3. The molecule has 2 heterocycles. The van der Waals surface area contributed by atoms with Crippen LogP contribution in [-0.2, 0) is 11.2 Å². The first-order valence-electron chi connectivity index (χ1n) is 6.60. The number of benzene rings is 1. The van der Waals surface area contributed by atoms with Crippen molar-refractivity contribution in [2.75, 3.05) is 6.54 Å². The topological polar surface area (TPSA) is 95.6 Å². The predicted molar refractivity (Wildman–Crippen MR) is 71.6 cm³/mol. The van der Waals surface area contributed by atoms with E-state index in [2.05, 4.69) is 37.3 Å². The SMILES string of the molecule is CC(NC(=O)C1NCCc2ccccc21)c1nn[nH]n1. The standard InChI is InChI=1S/C13H16N6O/c1-8(12-16-18-19-17-12)15-13(20)11-10-5-3-2-4-9(10)6-7-14-11/h2-5,8,11,14H,6-7H2,1H3,(H,15,20)(H,16,17,18,19). The molecule has 1 aromatic carbocycles. The molecule has 2 unspecified atom stereocenters. The fourth-order valence-electron chi connectivity index (χ4n) is 2.45. The lowest BCUT2D eigenvalue weighted by atomic mass is 9.94. The van der Waals surface area contributed by atoms with Crippen molar-refractivity contribution < 1.29 is 4.79 Å². The maximum absolute atomic E-state index is 12.4. The number of aromatic nitrogens is 4. The number of tetrazole rings is 1. The number of amides is 1. The summed E-state index contributed by atoms with van der Waals surface area (Å²) in [4.78, 5) is 12.4. The van der Waals surface area contributed by atoms with Crippen LogP contribution in [0, 0.1) is 0 Å². The summed E-state index contributed by atoms with van der Waals surface area (Å²) in [7, 11) is 0. The molecule has 1 aliphatic heterocycles. The van der Waals surface area contributed by atoms with Crippen molar-refractivity contribution in [3.8, 4) is 0 Å². The largest absolute Gasteiger partial charge is 0.345 e. The average molecular weight is 272 g/mol. The van der Waals surface area contributed by atoms with E-state index in [1.165, 1.54) is 5.56 Å². The van der Waals surface area contributed by atoms with Gasteiger partial charge in [0.2, 0.25) is 5.91 Å². The molecule has 0 saturated heterocycles. The molecule has 0 spiro atoms. The van der Waals surface area contributed by atoms with Crippen molar-refractivity contribution in [2.45, 2.75) is 25.4 Å². The van der Waals surface area contributed by atoms with Crippen LogP contribution in [0.4, 0.5) is 0 Å². The minimum atomic E-state index is -0.325. The first-order valence-corrected chi connectivity index (χ1v) is 6.60. The van der Waals surface area contributed by atoms with E-state index in [4.69, 9.17) is 0 Å². The molecule has 1 amide bonds. The van der Waals surface area contributed by atoms with Gasteiger partial charge in [-0.2, -0.15) is 5.21 Å². The summed E-state index contributed by atoms with van der Waals surface area (Å²) in [6.07, 6.45) is 0.945. The Hall–Kier alpha value is -2.28. The van der Waals surface area contributed by atoms with Crippen LogP contribution < -0.4 is 10.6 Å². The second-order valence-corrected chi connectivity index (χ2v) is 4.84. The van der Waals surface area contributed by atoms with Gasteiger partial charge < -0.3 is 10.6 Å². The third kappa shape index (κ3) is 2.39. The summed E-state index contributed by atoms with van der Waals surface area (Å²) < 4.78 is 0. The summed E-state index contributed by atoms with van der Waals surface area (Å²) in [6.45, 7) is 2.63. The highest BCUT2D eigenvalue weighted by Gasteiger charge is 2.27. The highest BCUT2D eigenvalue weighted by Crippen LogP contribution is 2.23. The number of hydrogen-bond donors (Lipinski definition) is 3. The van der Waals surface area contributed by atoms with Crippen LogP contribution in [0.2, 0.25) is 0 Å². The lowest BCUT2D eigenvalue weighted by molar-refractivity contribution is -0.124. The Morgan fingerprint density at radius 1 is 1.45 bits per heavy atom. The molecule has 0 fully saturated rings. The Bertz CT molecular complexity index is 597. The fourth-order valence-corrected chi connectivity index (χ4v) is 2.45. The first kappa shape index (κ1) is 12.7. The lowest BCUT2D eigenvalue weighted by Gasteiger charge is -2.26. The van der Waals surface area contributed by atoms with Crippen LogP contribution in [0.3, 0.4) is 0 Å². The van der Waals surface area contributed by atoms with E-state index in [9.17, 15) is 4.79 Å². The highest BCUT2D eigenvalue weighted by atomic mass is 16.2. The molecule has 0 radical (unpaired) electrons. The molecule has 104 valence electrons. The number of carbonyl (C=O) groups excluding carboxylic acids is 1. The molecule has 2 atom stereocenters. The van der Waals surface area contributed by atoms with Gasteiger partial charge in [-0.3, -0.25) is 4.79 Å². The molecular weight excluding hydrogens is 256 g/mol. The van der Waals surface area contributed by atoms with Gasteiger partial charge in [0.25, 0.3) is 0 Å². The Kier molecular flexibility index (Phi) is 3.42. The molecule has 7 heteroatoms. The first-order chi connectivity index (χ1) is 9.75. The van der Waals surface area contributed by atoms with E-state index in [1.54, 1.807) is 0 Å². The minimum Gasteiger partial charge on any atom is -0.345 e. The van der Waals surface area contributed by atoms with Crippen LogP contribution >= 0.6 is 0 Å². The zero-order valence-electron chi connectivity index (χ0n) is 11.1. The van der Waals surface area contributed by atoms with Crippen LogP contribution in [0.15, 0.2) is 24.3 Å². The molecule has 3 rings (SSSR count). The molecular formula is C13H16N6O. The molecule has 1 aliphatic rings. The Morgan fingerprint density at radius 3 is 3.10 bits per heavy atom. The molecule has 2 aromatic rings. The van der Waals surface area contributed by atoms with Gasteiger partial charge in [0.1, 0.15) is 6.04 Å². The number of H-pyrrole nitrogens is 1. The quantitative estimate of drug-likeness (QED) is 0.745. The van der Waals surface area contributed by atoms with Gasteiger partial charge >= 0.3 is 0 Å². The molecule has 0 bridgehead atoms. The van der Waals surface area contributed by atoms with E-state index >= 15 is 0 Å². The van der Waals surface area contributed by atoms with Gasteiger partial charge in [-0.05, 0) is 24.5 Å². The fraction of sp³-hybridized carbons (Fsp3) is 0.385. The van der Waals surface area contributed by atoms with E-state index < -0.39 is 0 Å². The number of carbonyl (C=O) groups is 1. The second-order valence-electron chi connectivity index (χ2n) is 4.84.